The van der Waals surface area contributed by atoms with Crippen LogP contribution in [0.25, 0.3) is 16.8 Å². The first-order valence-corrected chi connectivity index (χ1v) is 8.77. The molecule has 0 saturated carbocycles. The molecule has 146 valence electrons. The first kappa shape index (κ1) is 18.2. The smallest absolute Gasteiger partial charge is 0.290 e. The number of amides is 2. The van der Waals surface area contributed by atoms with Crippen LogP contribution >= 0.6 is 0 Å². The fourth-order valence-corrected chi connectivity index (χ4v) is 2.84. The van der Waals surface area contributed by atoms with E-state index in [-0.39, 0.29) is 5.69 Å². The van der Waals surface area contributed by atoms with Crippen LogP contribution < -0.4 is 25.9 Å². The Bertz CT molecular complexity index is 1180. The molecule has 3 aromatic rings. The zero-order valence-electron chi connectivity index (χ0n) is 15.1. The number of aromatic nitrogens is 2. The molecule has 2 aromatic carbocycles. The number of benzene rings is 2. The lowest BCUT2D eigenvalue weighted by atomic mass is 10.1. The molecule has 3 N–H and O–H groups in total. The van der Waals surface area contributed by atoms with Crippen LogP contribution in [0.4, 0.5) is 0 Å². The summed E-state index contributed by atoms with van der Waals surface area (Å²) >= 11 is 0. The van der Waals surface area contributed by atoms with Gasteiger partial charge in [-0.3, -0.25) is 25.2 Å². The Labute approximate surface area is 164 Å². The minimum Gasteiger partial charge on any atom is -0.486 e. The first-order valence-electron chi connectivity index (χ1n) is 8.77. The zero-order valence-corrected chi connectivity index (χ0v) is 15.1. The molecule has 0 radical (unpaired) electrons. The van der Waals surface area contributed by atoms with Crippen LogP contribution in [-0.4, -0.2) is 35.2 Å². The van der Waals surface area contributed by atoms with E-state index in [0.717, 1.165) is 5.56 Å². The molecule has 0 spiro atoms. The number of carbonyl (C=O) groups is 2. The van der Waals surface area contributed by atoms with Gasteiger partial charge in [0.05, 0.1) is 5.39 Å². The van der Waals surface area contributed by atoms with E-state index < -0.39 is 17.4 Å². The molecule has 0 unspecified atom stereocenters. The molecule has 1 aliphatic rings. The zero-order chi connectivity index (χ0) is 20.2. The molecule has 0 fully saturated rings. The van der Waals surface area contributed by atoms with E-state index in [4.69, 9.17) is 9.47 Å². The molecular weight excluding hydrogens is 376 g/mol. The average Bonchev–Trinajstić information content (AvgIpc) is 2.76. The average molecular weight is 392 g/mol. The van der Waals surface area contributed by atoms with Crippen LogP contribution in [0.5, 0.6) is 11.5 Å². The molecule has 2 heterocycles. The molecular formula is C20H16N4O5. The lowest BCUT2D eigenvalue weighted by molar-refractivity contribution is -0.117. The van der Waals surface area contributed by atoms with Crippen molar-refractivity contribution in [2.45, 2.75) is 0 Å². The number of aromatic amines is 1. The number of H-pyrrole nitrogens is 1. The number of fused-ring (bicyclic) bond motifs is 2. The van der Waals surface area contributed by atoms with Gasteiger partial charge in [-0.2, -0.15) is 5.10 Å². The Hall–Kier alpha value is -4.14. The maximum atomic E-state index is 12.3. The number of hydrogen-bond donors (Lipinski definition) is 3. The number of hydrogen-bond acceptors (Lipinski definition) is 6. The second-order valence-electron chi connectivity index (χ2n) is 6.13. The van der Waals surface area contributed by atoms with E-state index in [9.17, 15) is 14.4 Å². The number of nitrogens with one attached hydrogen (secondary N) is 3. The second-order valence-corrected chi connectivity index (χ2v) is 6.13. The Balaban J connectivity index is 1.41. The van der Waals surface area contributed by atoms with Gasteiger partial charge in [-0.25, -0.2) is 5.10 Å². The van der Waals surface area contributed by atoms with Crippen molar-refractivity contribution in [1.82, 2.24) is 21.0 Å². The summed E-state index contributed by atoms with van der Waals surface area (Å²) in [5.74, 6) is 0.0781. The van der Waals surface area contributed by atoms with Crippen molar-refractivity contribution in [2.24, 2.45) is 0 Å². The van der Waals surface area contributed by atoms with Crippen molar-refractivity contribution in [3.63, 3.8) is 0 Å². The maximum Gasteiger partial charge on any atom is 0.290 e. The van der Waals surface area contributed by atoms with Crippen molar-refractivity contribution in [2.75, 3.05) is 13.2 Å². The summed E-state index contributed by atoms with van der Waals surface area (Å²) in [5, 5.41) is 6.76. The molecule has 0 bridgehead atoms. The first-order chi connectivity index (χ1) is 14.1. The number of hydrazine groups is 1. The van der Waals surface area contributed by atoms with Gasteiger partial charge >= 0.3 is 0 Å². The largest absolute Gasteiger partial charge is 0.486 e. The molecule has 0 atom stereocenters. The van der Waals surface area contributed by atoms with Gasteiger partial charge in [0.25, 0.3) is 17.4 Å². The van der Waals surface area contributed by atoms with E-state index >= 15 is 0 Å². The van der Waals surface area contributed by atoms with Crippen molar-refractivity contribution in [1.29, 1.82) is 0 Å². The normalized spacial score (nSPS) is 12.7. The van der Waals surface area contributed by atoms with E-state index in [1.165, 1.54) is 6.08 Å². The Morgan fingerprint density at radius 1 is 1.00 bits per heavy atom. The summed E-state index contributed by atoms with van der Waals surface area (Å²) in [7, 11) is 0. The van der Waals surface area contributed by atoms with Gasteiger partial charge in [-0.05, 0) is 29.8 Å². The molecule has 4 rings (SSSR count). The SMILES string of the molecule is O=C(/C=C/c1ccc2c(c1)OCCO2)NNC(=O)c1n[nH]c(=O)c2ccccc12. The standard InChI is InChI=1S/C20H16N4O5/c25-17(8-6-12-5-7-15-16(11-12)29-10-9-28-15)21-24-20(27)18-13-3-1-2-4-14(13)19(26)23-22-18/h1-8,11H,9-10H2,(H,21,25)(H,23,26)(H,24,27)/b8-6+. The van der Waals surface area contributed by atoms with Gasteiger partial charge in [0.1, 0.15) is 13.2 Å². The van der Waals surface area contributed by atoms with Gasteiger partial charge in [0.15, 0.2) is 17.2 Å². The van der Waals surface area contributed by atoms with Gasteiger partial charge in [0.2, 0.25) is 0 Å². The fourth-order valence-electron chi connectivity index (χ4n) is 2.84. The second kappa shape index (κ2) is 7.85. The quantitative estimate of drug-likeness (QED) is 0.454. The van der Waals surface area contributed by atoms with Crippen LogP contribution in [0.3, 0.4) is 0 Å². The summed E-state index contributed by atoms with van der Waals surface area (Å²) in [4.78, 5) is 36.1. The van der Waals surface area contributed by atoms with E-state index in [1.807, 2.05) is 0 Å². The van der Waals surface area contributed by atoms with Crippen LogP contribution in [0.15, 0.2) is 53.3 Å². The minimum atomic E-state index is -0.654. The molecule has 2 amide bonds. The summed E-state index contributed by atoms with van der Waals surface area (Å²) in [6.45, 7) is 0.976. The molecule has 29 heavy (non-hydrogen) atoms. The predicted octanol–water partition coefficient (Wildman–Crippen LogP) is 1.17. The van der Waals surface area contributed by atoms with Crippen LogP contribution in [0, 0.1) is 0 Å². The van der Waals surface area contributed by atoms with Gasteiger partial charge in [-0.15, -0.1) is 0 Å². The highest BCUT2D eigenvalue weighted by Crippen LogP contribution is 2.31. The summed E-state index contributed by atoms with van der Waals surface area (Å²) in [6.07, 6.45) is 2.84. The van der Waals surface area contributed by atoms with E-state index in [2.05, 4.69) is 21.0 Å². The number of nitrogens with zero attached hydrogens (tertiary/aromatic N) is 1. The Morgan fingerprint density at radius 2 is 1.76 bits per heavy atom. The highest BCUT2D eigenvalue weighted by molar-refractivity contribution is 6.05. The number of ether oxygens (including phenoxy) is 2. The van der Waals surface area contributed by atoms with E-state index in [1.54, 1.807) is 48.5 Å². The van der Waals surface area contributed by atoms with Crippen LogP contribution in [0.2, 0.25) is 0 Å². The fraction of sp³-hybridized carbons (Fsp3) is 0.100. The molecule has 9 heteroatoms. The summed E-state index contributed by atoms with van der Waals surface area (Å²) in [6, 6.07) is 11.9. The lowest BCUT2D eigenvalue weighted by Crippen LogP contribution is -2.41. The minimum absolute atomic E-state index is 0.00341. The topological polar surface area (TPSA) is 122 Å². The Kier molecular flexibility index (Phi) is 4.93. The Morgan fingerprint density at radius 3 is 2.59 bits per heavy atom. The van der Waals surface area contributed by atoms with Crippen molar-refractivity contribution in [3.8, 4) is 11.5 Å². The van der Waals surface area contributed by atoms with Gasteiger partial charge in [0, 0.05) is 11.5 Å². The molecule has 0 aliphatic carbocycles. The number of rotatable bonds is 3. The molecule has 0 saturated heterocycles. The third kappa shape index (κ3) is 3.93. The van der Waals surface area contributed by atoms with Crippen molar-refractivity contribution < 1.29 is 19.1 Å². The summed E-state index contributed by atoms with van der Waals surface area (Å²) in [5.41, 5.74) is 4.89. The lowest BCUT2D eigenvalue weighted by Gasteiger charge is -2.18. The maximum absolute atomic E-state index is 12.3. The highest BCUT2D eigenvalue weighted by Gasteiger charge is 2.14. The third-order valence-corrected chi connectivity index (χ3v) is 4.20. The third-order valence-electron chi connectivity index (χ3n) is 4.20. The van der Waals surface area contributed by atoms with Gasteiger partial charge in [-0.1, -0.05) is 24.3 Å². The van der Waals surface area contributed by atoms with Crippen LogP contribution in [0.1, 0.15) is 16.1 Å². The monoisotopic (exact) mass is 392 g/mol. The molecule has 1 aliphatic heterocycles. The van der Waals surface area contributed by atoms with Crippen molar-refractivity contribution >= 4 is 28.7 Å². The van der Waals surface area contributed by atoms with Crippen LogP contribution in [-0.2, 0) is 4.79 Å². The molecule has 9 nitrogen and oxygen atoms in total. The van der Waals surface area contributed by atoms with Gasteiger partial charge < -0.3 is 9.47 Å². The van der Waals surface area contributed by atoms with E-state index in [0.29, 0.717) is 35.5 Å². The van der Waals surface area contributed by atoms with Crippen molar-refractivity contribution in [3.05, 3.63) is 70.2 Å². The predicted molar refractivity (Wildman–Crippen MR) is 104 cm³/mol. The number of carbonyl (C=O) groups excluding carboxylic acids is 2. The highest BCUT2D eigenvalue weighted by atomic mass is 16.6. The summed E-state index contributed by atoms with van der Waals surface area (Å²) < 4.78 is 10.9. The molecule has 1 aromatic heterocycles.